The second-order valence-corrected chi connectivity index (χ2v) is 4.73. The number of rotatable bonds is 3. The molecule has 5 nitrogen and oxygen atoms in total. The van der Waals surface area contributed by atoms with Crippen LogP contribution in [-0.4, -0.2) is 34.4 Å². The quantitative estimate of drug-likeness (QED) is 0.872. The number of aromatic nitrogens is 1. The predicted octanol–water partition coefficient (Wildman–Crippen LogP) is 1.37. The van der Waals surface area contributed by atoms with Gasteiger partial charge in [-0.25, -0.2) is 4.98 Å². The van der Waals surface area contributed by atoms with Gasteiger partial charge in [-0.05, 0) is 26.0 Å². The molecule has 0 aliphatic carbocycles. The molecule has 1 atom stereocenters. The second-order valence-electron chi connectivity index (χ2n) is 4.73. The summed E-state index contributed by atoms with van der Waals surface area (Å²) < 4.78 is 0. The Bertz CT molecular complexity index is 475. The van der Waals surface area contributed by atoms with Crippen molar-refractivity contribution < 1.29 is 4.79 Å². The maximum atomic E-state index is 11.7. The van der Waals surface area contributed by atoms with Crippen LogP contribution in [0.25, 0.3) is 0 Å². The molecule has 1 unspecified atom stereocenters. The second kappa shape index (κ2) is 5.05. The number of carbonyl (C=O) groups is 1. The van der Waals surface area contributed by atoms with Gasteiger partial charge in [0, 0.05) is 25.2 Å². The number of nitrogens with one attached hydrogen (secondary N) is 1. The van der Waals surface area contributed by atoms with Crippen molar-refractivity contribution in [2.45, 2.75) is 32.4 Å². The van der Waals surface area contributed by atoms with Gasteiger partial charge in [0.15, 0.2) is 0 Å². The maximum absolute atomic E-state index is 11.7. The third-order valence-electron chi connectivity index (χ3n) is 3.03. The fourth-order valence-electron chi connectivity index (χ4n) is 2.08. The summed E-state index contributed by atoms with van der Waals surface area (Å²) in [6.45, 7) is 4.73. The van der Waals surface area contributed by atoms with Crippen LogP contribution >= 0.6 is 0 Å². The number of likely N-dealkylation sites (tertiary alicyclic amines) is 1. The number of nitrogens with zero attached hydrogens (tertiary/aromatic N) is 3. The molecule has 18 heavy (non-hydrogen) atoms. The molecule has 94 valence electrons. The number of amides is 1. The molecular formula is C13H16N4O. The number of hydrogen-bond donors (Lipinski definition) is 1. The largest absolute Gasteiger partial charge is 0.365 e. The topological polar surface area (TPSA) is 69.0 Å². The minimum Gasteiger partial charge on any atom is -0.365 e. The Balaban J connectivity index is 1.99. The molecule has 0 radical (unpaired) electrons. The fourth-order valence-corrected chi connectivity index (χ4v) is 2.08. The van der Waals surface area contributed by atoms with E-state index in [1.165, 1.54) is 6.20 Å². The summed E-state index contributed by atoms with van der Waals surface area (Å²) in [7, 11) is 0. The lowest BCUT2D eigenvalue weighted by atomic mass is 10.2. The highest BCUT2D eigenvalue weighted by atomic mass is 16.2. The molecule has 1 amide bonds. The van der Waals surface area contributed by atoms with E-state index >= 15 is 0 Å². The fraction of sp³-hybridized carbons (Fsp3) is 0.462. The standard InChI is InChI=1S/C13H16N4O/c1-9(2)17-8-11(5-13(17)18)16-12-4-3-10(6-14)7-15-12/h3-4,7,9,11H,5,8H2,1-2H3,(H,15,16). The summed E-state index contributed by atoms with van der Waals surface area (Å²) in [5.74, 6) is 0.883. The number of carbonyl (C=O) groups excluding carboxylic acids is 1. The Hall–Kier alpha value is -2.09. The van der Waals surface area contributed by atoms with Crippen LogP contribution in [0.1, 0.15) is 25.8 Å². The molecule has 0 bridgehead atoms. The SMILES string of the molecule is CC(C)N1CC(Nc2ccc(C#N)cn2)CC1=O. The number of nitriles is 1. The van der Waals surface area contributed by atoms with E-state index in [0.717, 1.165) is 0 Å². The van der Waals surface area contributed by atoms with E-state index < -0.39 is 0 Å². The van der Waals surface area contributed by atoms with Crippen LogP contribution in [-0.2, 0) is 4.79 Å². The van der Waals surface area contributed by atoms with Crippen molar-refractivity contribution in [1.29, 1.82) is 5.26 Å². The summed E-state index contributed by atoms with van der Waals surface area (Å²) in [5, 5.41) is 11.9. The summed E-state index contributed by atoms with van der Waals surface area (Å²) in [6.07, 6.45) is 2.03. The highest BCUT2D eigenvalue weighted by Gasteiger charge is 2.31. The first-order valence-electron chi connectivity index (χ1n) is 6.02. The van der Waals surface area contributed by atoms with Gasteiger partial charge in [-0.3, -0.25) is 4.79 Å². The third kappa shape index (κ3) is 2.59. The van der Waals surface area contributed by atoms with Crippen LogP contribution in [0.4, 0.5) is 5.82 Å². The normalized spacial score (nSPS) is 19.1. The lowest BCUT2D eigenvalue weighted by Gasteiger charge is -2.21. The Morgan fingerprint density at radius 3 is 2.83 bits per heavy atom. The van der Waals surface area contributed by atoms with Gasteiger partial charge in [-0.15, -0.1) is 0 Å². The highest BCUT2D eigenvalue weighted by molar-refractivity contribution is 5.80. The Labute approximate surface area is 106 Å². The number of anilines is 1. The van der Waals surface area contributed by atoms with E-state index in [1.807, 2.05) is 24.8 Å². The van der Waals surface area contributed by atoms with Gasteiger partial charge in [0.1, 0.15) is 11.9 Å². The molecule has 1 saturated heterocycles. The molecular weight excluding hydrogens is 228 g/mol. The van der Waals surface area contributed by atoms with Crippen molar-refractivity contribution in [2.75, 3.05) is 11.9 Å². The van der Waals surface area contributed by atoms with Crippen LogP contribution < -0.4 is 5.32 Å². The van der Waals surface area contributed by atoms with Gasteiger partial charge in [-0.2, -0.15) is 5.26 Å². The van der Waals surface area contributed by atoms with Crippen LogP contribution in [0.3, 0.4) is 0 Å². The Morgan fingerprint density at radius 1 is 1.56 bits per heavy atom. The molecule has 1 N–H and O–H groups in total. The van der Waals surface area contributed by atoms with Crippen LogP contribution in [0, 0.1) is 11.3 Å². The van der Waals surface area contributed by atoms with Crippen molar-refractivity contribution in [2.24, 2.45) is 0 Å². The van der Waals surface area contributed by atoms with Gasteiger partial charge < -0.3 is 10.2 Å². The molecule has 1 aliphatic heterocycles. The molecule has 2 rings (SSSR count). The molecule has 1 aromatic rings. The third-order valence-corrected chi connectivity index (χ3v) is 3.03. The van der Waals surface area contributed by atoms with Gasteiger partial charge in [-0.1, -0.05) is 0 Å². The number of pyridine rings is 1. The van der Waals surface area contributed by atoms with E-state index in [4.69, 9.17) is 5.26 Å². The molecule has 1 aromatic heterocycles. The molecule has 2 heterocycles. The summed E-state index contributed by atoms with van der Waals surface area (Å²) >= 11 is 0. The monoisotopic (exact) mass is 244 g/mol. The molecule has 0 saturated carbocycles. The van der Waals surface area contributed by atoms with Crippen molar-refractivity contribution in [1.82, 2.24) is 9.88 Å². The smallest absolute Gasteiger partial charge is 0.225 e. The minimum absolute atomic E-state index is 0.0975. The van der Waals surface area contributed by atoms with Crippen molar-refractivity contribution in [3.05, 3.63) is 23.9 Å². The Morgan fingerprint density at radius 2 is 2.33 bits per heavy atom. The summed E-state index contributed by atoms with van der Waals surface area (Å²) in [5.41, 5.74) is 0.534. The molecule has 0 aromatic carbocycles. The minimum atomic E-state index is 0.0975. The van der Waals surface area contributed by atoms with Gasteiger partial charge >= 0.3 is 0 Å². The van der Waals surface area contributed by atoms with E-state index in [-0.39, 0.29) is 18.0 Å². The van der Waals surface area contributed by atoms with E-state index in [0.29, 0.717) is 24.3 Å². The maximum Gasteiger partial charge on any atom is 0.225 e. The predicted molar refractivity (Wildman–Crippen MR) is 67.8 cm³/mol. The average Bonchev–Trinajstić information content (AvgIpc) is 2.71. The van der Waals surface area contributed by atoms with Gasteiger partial charge in [0.05, 0.1) is 11.6 Å². The Kier molecular flexibility index (Phi) is 3.47. The van der Waals surface area contributed by atoms with Crippen LogP contribution in [0.2, 0.25) is 0 Å². The molecule has 5 heteroatoms. The summed E-state index contributed by atoms with van der Waals surface area (Å²) in [6, 6.07) is 5.84. The number of hydrogen-bond acceptors (Lipinski definition) is 4. The highest BCUT2D eigenvalue weighted by Crippen LogP contribution is 2.17. The van der Waals surface area contributed by atoms with Crippen molar-refractivity contribution in [3.63, 3.8) is 0 Å². The van der Waals surface area contributed by atoms with E-state index in [1.54, 1.807) is 12.1 Å². The van der Waals surface area contributed by atoms with Crippen molar-refractivity contribution >= 4 is 11.7 Å². The van der Waals surface area contributed by atoms with Gasteiger partial charge in [0.2, 0.25) is 5.91 Å². The van der Waals surface area contributed by atoms with E-state index in [2.05, 4.69) is 10.3 Å². The van der Waals surface area contributed by atoms with Crippen LogP contribution in [0.5, 0.6) is 0 Å². The zero-order valence-corrected chi connectivity index (χ0v) is 10.6. The first kappa shape index (κ1) is 12.4. The van der Waals surface area contributed by atoms with Crippen molar-refractivity contribution in [3.8, 4) is 6.07 Å². The molecule has 0 spiro atoms. The van der Waals surface area contributed by atoms with E-state index in [9.17, 15) is 4.79 Å². The zero-order valence-electron chi connectivity index (χ0n) is 10.6. The average molecular weight is 244 g/mol. The van der Waals surface area contributed by atoms with Gasteiger partial charge in [0.25, 0.3) is 0 Å². The lowest BCUT2D eigenvalue weighted by Crippen LogP contribution is -2.33. The van der Waals surface area contributed by atoms with Crippen LogP contribution in [0.15, 0.2) is 18.3 Å². The first-order chi connectivity index (χ1) is 8.60. The zero-order chi connectivity index (χ0) is 13.1. The summed E-state index contributed by atoms with van der Waals surface area (Å²) in [4.78, 5) is 17.7. The molecule has 1 fully saturated rings. The lowest BCUT2D eigenvalue weighted by molar-refractivity contribution is -0.129. The first-order valence-corrected chi connectivity index (χ1v) is 6.02. The molecule has 1 aliphatic rings.